The summed E-state index contributed by atoms with van der Waals surface area (Å²) in [6.45, 7) is 0. The van der Waals surface area contributed by atoms with E-state index in [1.165, 1.54) is 12.1 Å². The van der Waals surface area contributed by atoms with Crippen LogP contribution in [-0.4, -0.2) is 19.6 Å². The third kappa shape index (κ3) is 3.10. The molecule has 4 aromatic rings. The van der Waals surface area contributed by atoms with E-state index in [1.54, 1.807) is 35.4 Å². The topological polar surface area (TPSA) is 55.1 Å². The van der Waals surface area contributed by atoms with Gasteiger partial charge in [-0.15, -0.1) is 0 Å². The van der Waals surface area contributed by atoms with Crippen molar-refractivity contribution in [1.29, 1.82) is 0 Å². The Morgan fingerprint density at radius 2 is 2.00 bits per heavy atom. The van der Waals surface area contributed by atoms with Gasteiger partial charge in [0.15, 0.2) is 5.82 Å². The summed E-state index contributed by atoms with van der Waals surface area (Å²) in [7, 11) is 0. The van der Waals surface area contributed by atoms with Crippen molar-refractivity contribution < 1.29 is 4.39 Å². The van der Waals surface area contributed by atoms with E-state index in [-0.39, 0.29) is 11.9 Å². The van der Waals surface area contributed by atoms with Gasteiger partial charge in [-0.1, -0.05) is 18.2 Å². The van der Waals surface area contributed by atoms with Crippen molar-refractivity contribution in [3.63, 3.8) is 0 Å². The van der Waals surface area contributed by atoms with Gasteiger partial charge in [0.25, 0.3) is 0 Å². The smallest absolute Gasteiger partial charge is 0.154 e. The van der Waals surface area contributed by atoms with Gasteiger partial charge in [-0.3, -0.25) is 4.98 Å². The van der Waals surface area contributed by atoms with Crippen LogP contribution in [0.4, 0.5) is 10.2 Å². The minimum atomic E-state index is -0.350. The maximum Gasteiger partial charge on any atom is 0.154 e. The van der Waals surface area contributed by atoms with Crippen LogP contribution in [0.1, 0.15) is 17.3 Å². The lowest BCUT2D eigenvalue weighted by atomic mass is 10.0. The molecule has 7 heteroatoms. The number of hydrogen-bond acceptors (Lipinski definition) is 4. The highest BCUT2D eigenvalue weighted by Gasteiger charge is 2.19. The van der Waals surface area contributed by atoms with E-state index in [0.29, 0.717) is 5.82 Å². The molecule has 0 saturated carbocycles. The minimum Gasteiger partial charge on any atom is -0.356 e. The van der Waals surface area contributed by atoms with Crippen molar-refractivity contribution in [2.24, 2.45) is 0 Å². The average Bonchev–Trinajstić information content (AvgIpc) is 3.02. The van der Waals surface area contributed by atoms with Crippen LogP contribution < -0.4 is 5.32 Å². The molecule has 0 amide bonds. The van der Waals surface area contributed by atoms with Crippen LogP contribution in [0.3, 0.4) is 0 Å². The zero-order valence-corrected chi connectivity index (χ0v) is 14.6. The van der Waals surface area contributed by atoms with Crippen molar-refractivity contribution in [3.8, 4) is 0 Å². The third-order valence-corrected chi connectivity index (χ3v) is 4.41. The first-order chi connectivity index (χ1) is 12.2. The molecule has 0 saturated heterocycles. The second kappa shape index (κ2) is 6.60. The van der Waals surface area contributed by atoms with Crippen LogP contribution >= 0.6 is 15.9 Å². The van der Waals surface area contributed by atoms with Gasteiger partial charge in [-0.2, -0.15) is 5.10 Å². The lowest BCUT2D eigenvalue weighted by Gasteiger charge is -2.20. The predicted molar refractivity (Wildman–Crippen MR) is 96.8 cm³/mol. The maximum absolute atomic E-state index is 13.8. The summed E-state index contributed by atoms with van der Waals surface area (Å²) in [6.07, 6.45) is 6.85. The number of benzene rings is 1. The molecule has 3 aromatic heterocycles. The summed E-state index contributed by atoms with van der Waals surface area (Å²) >= 11 is 3.49. The van der Waals surface area contributed by atoms with Gasteiger partial charge in [-0.05, 0) is 45.8 Å². The molecular weight excluding hydrogens is 385 g/mol. The third-order valence-electron chi connectivity index (χ3n) is 3.83. The zero-order chi connectivity index (χ0) is 17.2. The molecule has 124 valence electrons. The van der Waals surface area contributed by atoms with Crippen molar-refractivity contribution in [3.05, 3.63) is 88.8 Å². The molecule has 0 aliphatic rings. The number of aromatic nitrogens is 4. The Morgan fingerprint density at radius 1 is 1.08 bits per heavy atom. The number of nitrogens with zero attached hydrogens (tertiary/aromatic N) is 4. The molecule has 3 heterocycles. The molecule has 0 bridgehead atoms. The molecule has 25 heavy (non-hydrogen) atoms. The highest BCUT2D eigenvalue weighted by atomic mass is 79.9. The van der Waals surface area contributed by atoms with Gasteiger partial charge in [0.1, 0.15) is 11.3 Å². The number of anilines is 1. The first-order valence-electron chi connectivity index (χ1n) is 7.63. The fourth-order valence-corrected chi connectivity index (χ4v) is 3.17. The number of rotatable bonds is 4. The lowest BCUT2D eigenvalue weighted by molar-refractivity contribution is 0.624. The average molecular weight is 398 g/mol. The Kier molecular flexibility index (Phi) is 4.15. The van der Waals surface area contributed by atoms with E-state index in [2.05, 4.69) is 36.3 Å². The fraction of sp³-hybridized carbons (Fsp3) is 0.0556. The number of fused-ring (bicyclic) bond motifs is 1. The molecule has 0 radical (unpaired) electrons. The van der Waals surface area contributed by atoms with Gasteiger partial charge >= 0.3 is 0 Å². The summed E-state index contributed by atoms with van der Waals surface area (Å²) in [5, 5.41) is 7.64. The van der Waals surface area contributed by atoms with E-state index < -0.39 is 0 Å². The lowest BCUT2D eigenvalue weighted by Crippen LogP contribution is -2.15. The molecule has 0 aliphatic carbocycles. The Labute approximate surface area is 151 Å². The van der Waals surface area contributed by atoms with Gasteiger partial charge in [0.05, 0.1) is 22.4 Å². The van der Waals surface area contributed by atoms with E-state index in [9.17, 15) is 4.39 Å². The van der Waals surface area contributed by atoms with Gasteiger partial charge in [-0.25, -0.2) is 13.9 Å². The van der Waals surface area contributed by atoms with E-state index >= 15 is 0 Å². The highest BCUT2D eigenvalue weighted by molar-refractivity contribution is 9.10. The largest absolute Gasteiger partial charge is 0.356 e. The zero-order valence-electron chi connectivity index (χ0n) is 13.0. The summed E-state index contributed by atoms with van der Waals surface area (Å²) < 4.78 is 16.3. The molecule has 0 aliphatic heterocycles. The number of nitrogens with one attached hydrogen (secondary N) is 1. The monoisotopic (exact) mass is 397 g/mol. The molecule has 1 aromatic carbocycles. The maximum atomic E-state index is 13.8. The Hall–Kier alpha value is -2.80. The minimum absolute atomic E-state index is 0.295. The van der Waals surface area contributed by atoms with Crippen LogP contribution in [0.5, 0.6) is 0 Å². The molecule has 1 unspecified atom stereocenters. The van der Waals surface area contributed by atoms with Crippen LogP contribution in [0.25, 0.3) is 5.52 Å². The number of halogens is 2. The first kappa shape index (κ1) is 15.7. The summed E-state index contributed by atoms with van der Waals surface area (Å²) in [5.74, 6) is 0.337. The Balaban J connectivity index is 1.82. The van der Waals surface area contributed by atoms with E-state index in [1.807, 2.05) is 24.3 Å². The van der Waals surface area contributed by atoms with Crippen LogP contribution in [0, 0.1) is 5.82 Å². The predicted octanol–water partition coefficient (Wildman–Crippen LogP) is 4.23. The van der Waals surface area contributed by atoms with Crippen molar-refractivity contribution in [2.75, 3.05) is 5.32 Å². The molecular formula is C18H13BrFN5. The van der Waals surface area contributed by atoms with E-state index in [0.717, 1.165) is 21.2 Å². The van der Waals surface area contributed by atoms with Crippen LogP contribution in [0.2, 0.25) is 0 Å². The summed E-state index contributed by atoms with van der Waals surface area (Å²) in [6, 6.07) is 11.8. The fourth-order valence-electron chi connectivity index (χ4n) is 2.71. The van der Waals surface area contributed by atoms with Gasteiger partial charge < -0.3 is 5.32 Å². The molecule has 1 N–H and O–H groups in total. The molecule has 4 rings (SSSR count). The summed E-state index contributed by atoms with van der Waals surface area (Å²) in [4.78, 5) is 8.85. The van der Waals surface area contributed by atoms with Crippen LogP contribution in [0.15, 0.2) is 71.7 Å². The SMILES string of the molecule is Fc1cccc(C(Nc2nccn3ncc(Br)c23)c2ccccn2)c1. The Bertz CT molecular complexity index is 1020. The van der Waals surface area contributed by atoms with Gasteiger partial charge in [0.2, 0.25) is 0 Å². The number of hydrogen-bond donors (Lipinski definition) is 1. The Morgan fingerprint density at radius 3 is 2.80 bits per heavy atom. The van der Waals surface area contributed by atoms with E-state index in [4.69, 9.17) is 0 Å². The standard InChI is InChI=1S/C18H13BrFN5/c19-14-11-23-25-9-8-22-18(17(14)25)24-16(15-6-1-2-7-21-15)12-4-3-5-13(20)10-12/h1-11,16H,(H,22,24). The van der Waals surface area contributed by atoms with Crippen molar-refractivity contribution >= 4 is 27.3 Å². The highest BCUT2D eigenvalue weighted by Crippen LogP contribution is 2.29. The molecule has 0 fully saturated rings. The second-order valence-electron chi connectivity index (χ2n) is 5.45. The normalized spacial score (nSPS) is 12.2. The second-order valence-corrected chi connectivity index (χ2v) is 6.30. The first-order valence-corrected chi connectivity index (χ1v) is 8.42. The molecule has 5 nitrogen and oxygen atoms in total. The molecule has 1 atom stereocenters. The molecule has 0 spiro atoms. The van der Waals surface area contributed by atoms with Crippen LogP contribution in [-0.2, 0) is 0 Å². The summed E-state index contributed by atoms with van der Waals surface area (Å²) in [5.41, 5.74) is 2.34. The van der Waals surface area contributed by atoms with Crippen molar-refractivity contribution in [2.45, 2.75) is 6.04 Å². The quantitative estimate of drug-likeness (QED) is 0.559. The van der Waals surface area contributed by atoms with Gasteiger partial charge in [0, 0.05) is 18.6 Å². The van der Waals surface area contributed by atoms with Crippen molar-refractivity contribution in [1.82, 2.24) is 19.6 Å². The number of pyridine rings is 1.